The second-order valence-corrected chi connectivity index (χ2v) is 2.89. The van der Waals surface area contributed by atoms with Gasteiger partial charge >= 0.3 is 0 Å². The molecule has 0 radical (unpaired) electrons. The lowest BCUT2D eigenvalue weighted by Crippen LogP contribution is -2.40. The zero-order valence-electron chi connectivity index (χ0n) is 8.05. The largest absolute Gasteiger partial charge is 0.316 e. The predicted molar refractivity (Wildman–Crippen MR) is 50.5 cm³/mol. The van der Waals surface area contributed by atoms with E-state index >= 15 is 0 Å². The van der Waals surface area contributed by atoms with Crippen molar-refractivity contribution in [3.8, 4) is 0 Å². The van der Waals surface area contributed by atoms with Crippen molar-refractivity contribution in [3.05, 3.63) is 35.4 Å². The van der Waals surface area contributed by atoms with Gasteiger partial charge < -0.3 is 5.73 Å². The van der Waals surface area contributed by atoms with E-state index in [1.807, 2.05) is 0 Å². The van der Waals surface area contributed by atoms with Crippen LogP contribution in [0.5, 0.6) is 0 Å². The molecule has 0 aliphatic heterocycles. The molecule has 6 heteroatoms. The van der Waals surface area contributed by atoms with Crippen LogP contribution in [-0.2, 0) is 4.79 Å². The van der Waals surface area contributed by atoms with E-state index in [9.17, 15) is 13.6 Å². The Bertz CT molecular complexity index is 370. The molecule has 0 bridgehead atoms. The minimum atomic E-state index is -1.03. The molecule has 0 heterocycles. The molecule has 15 heavy (non-hydrogen) atoms. The maximum atomic E-state index is 12.8. The fourth-order valence-corrected chi connectivity index (χ4v) is 1.06. The van der Waals surface area contributed by atoms with Gasteiger partial charge in [0.05, 0.1) is 0 Å². The zero-order valence-corrected chi connectivity index (χ0v) is 8.05. The Kier molecular flexibility index (Phi) is 3.70. The average Bonchev–Trinajstić information content (AvgIpc) is 2.21. The summed E-state index contributed by atoms with van der Waals surface area (Å²) >= 11 is 0. The molecule has 82 valence electrons. The molecule has 0 aromatic heterocycles. The summed E-state index contributed by atoms with van der Waals surface area (Å²) in [6, 6.07) is 2.05. The van der Waals surface area contributed by atoms with Crippen LogP contribution < -0.4 is 16.6 Å². The van der Waals surface area contributed by atoms with E-state index in [1.165, 1.54) is 13.1 Å². The van der Waals surface area contributed by atoms with Gasteiger partial charge in [-0.1, -0.05) is 6.07 Å². The van der Waals surface area contributed by atoms with Gasteiger partial charge in [-0.3, -0.25) is 10.2 Å². The van der Waals surface area contributed by atoms with Crippen LogP contribution in [0.3, 0.4) is 0 Å². The first-order valence-corrected chi connectivity index (χ1v) is 4.23. The molecule has 4 N–H and O–H groups in total. The fourth-order valence-electron chi connectivity index (χ4n) is 1.06. The molecular weight excluding hydrogens is 204 g/mol. The smallest absolute Gasteiger partial charge is 0.255 e. The first-order valence-electron chi connectivity index (χ1n) is 4.23. The number of hydrogen-bond donors (Lipinski definition) is 3. The number of hydrazine groups is 1. The number of rotatable bonds is 3. The summed E-state index contributed by atoms with van der Waals surface area (Å²) in [4.78, 5) is 11.2. The van der Waals surface area contributed by atoms with Crippen LogP contribution in [0.2, 0.25) is 0 Å². The minimum absolute atomic E-state index is 0.210. The van der Waals surface area contributed by atoms with Gasteiger partial charge in [0, 0.05) is 7.05 Å². The molecule has 4 nitrogen and oxygen atoms in total. The average molecular weight is 215 g/mol. The summed E-state index contributed by atoms with van der Waals surface area (Å²) in [5.41, 5.74) is 10.4. The Morgan fingerprint density at radius 1 is 1.40 bits per heavy atom. The Balaban J connectivity index is 2.86. The zero-order chi connectivity index (χ0) is 11.4. The SMILES string of the molecule is CNNC(=O)C(N)c1ccc(F)c(F)c1. The molecule has 0 saturated carbocycles. The van der Waals surface area contributed by atoms with Gasteiger partial charge in [0.1, 0.15) is 6.04 Å². The highest BCUT2D eigenvalue weighted by Crippen LogP contribution is 2.14. The van der Waals surface area contributed by atoms with Crippen molar-refractivity contribution in [2.75, 3.05) is 7.05 Å². The molecule has 1 amide bonds. The van der Waals surface area contributed by atoms with Crippen molar-refractivity contribution in [2.45, 2.75) is 6.04 Å². The van der Waals surface area contributed by atoms with Gasteiger partial charge in [-0.15, -0.1) is 0 Å². The molecule has 1 aromatic carbocycles. The highest BCUT2D eigenvalue weighted by Gasteiger charge is 2.16. The van der Waals surface area contributed by atoms with Crippen molar-refractivity contribution in [2.24, 2.45) is 5.73 Å². The van der Waals surface area contributed by atoms with Crippen molar-refractivity contribution in [3.63, 3.8) is 0 Å². The third-order valence-corrected chi connectivity index (χ3v) is 1.83. The number of benzene rings is 1. The number of carbonyl (C=O) groups is 1. The van der Waals surface area contributed by atoms with Gasteiger partial charge in [-0.2, -0.15) is 0 Å². The quantitative estimate of drug-likeness (QED) is 0.632. The van der Waals surface area contributed by atoms with Crippen molar-refractivity contribution >= 4 is 5.91 Å². The number of amides is 1. The van der Waals surface area contributed by atoms with Gasteiger partial charge in [0.25, 0.3) is 5.91 Å². The summed E-state index contributed by atoms with van der Waals surface area (Å²) in [5, 5.41) is 0. The lowest BCUT2D eigenvalue weighted by Gasteiger charge is -2.11. The van der Waals surface area contributed by atoms with E-state index in [4.69, 9.17) is 5.73 Å². The lowest BCUT2D eigenvalue weighted by atomic mass is 10.1. The molecule has 0 fully saturated rings. The highest BCUT2D eigenvalue weighted by molar-refractivity contribution is 5.82. The fraction of sp³-hybridized carbons (Fsp3) is 0.222. The second kappa shape index (κ2) is 4.81. The van der Waals surface area contributed by atoms with Crippen LogP contribution in [0, 0.1) is 11.6 Å². The van der Waals surface area contributed by atoms with E-state index in [-0.39, 0.29) is 5.56 Å². The van der Waals surface area contributed by atoms with Crippen molar-refractivity contribution in [1.29, 1.82) is 0 Å². The van der Waals surface area contributed by atoms with Gasteiger partial charge in [0.2, 0.25) is 0 Å². The third-order valence-electron chi connectivity index (χ3n) is 1.83. The summed E-state index contributed by atoms with van der Waals surface area (Å²) in [7, 11) is 1.50. The molecule has 1 atom stereocenters. The Morgan fingerprint density at radius 3 is 2.60 bits per heavy atom. The number of halogens is 2. The van der Waals surface area contributed by atoms with Gasteiger partial charge in [0.15, 0.2) is 11.6 Å². The first-order chi connectivity index (χ1) is 7.06. The second-order valence-electron chi connectivity index (χ2n) is 2.89. The van der Waals surface area contributed by atoms with Crippen LogP contribution in [0.4, 0.5) is 8.78 Å². The summed E-state index contributed by atoms with van der Waals surface area (Å²) < 4.78 is 25.4. The van der Waals surface area contributed by atoms with Crippen LogP contribution in [0.25, 0.3) is 0 Å². The molecule has 0 spiro atoms. The van der Waals surface area contributed by atoms with Crippen LogP contribution in [0.1, 0.15) is 11.6 Å². The Labute approximate surface area is 85.4 Å². The first kappa shape index (κ1) is 11.5. The minimum Gasteiger partial charge on any atom is -0.316 e. The topological polar surface area (TPSA) is 67.1 Å². The molecule has 0 aliphatic carbocycles. The molecule has 1 unspecified atom stereocenters. The van der Waals surface area contributed by atoms with Crippen LogP contribution in [0.15, 0.2) is 18.2 Å². The molecule has 1 aromatic rings. The molecular formula is C9H11F2N3O. The van der Waals surface area contributed by atoms with Crippen molar-refractivity contribution in [1.82, 2.24) is 10.9 Å². The van der Waals surface area contributed by atoms with E-state index in [0.29, 0.717) is 0 Å². The predicted octanol–water partition coefficient (Wildman–Crippen LogP) is 0.215. The van der Waals surface area contributed by atoms with E-state index in [0.717, 1.165) is 12.1 Å². The highest BCUT2D eigenvalue weighted by atomic mass is 19.2. The van der Waals surface area contributed by atoms with Gasteiger partial charge in [-0.25, -0.2) is 14.2 Å². The Morgan fingerprint density at radius 2 is 2.07 bits per heavy atom. The molecule has 0 aliphatic rings. The maximum absolute atomic E-state index is 12.8. The number of carbonyl (C=O) groups excluding carboxylic acids is 1. The van der Waals surface area contributed by atoms with Crippen LogP contribution in [-0.4, -0.2) is 13.0 Å². The summed E-state index contributed by atoms with van der Waals surface area (Å²) in [5.74, 6) is -2.52. The molecule has 0 saturated heterocycles. The standard InChI is InChI=1S/C9H11F2N3O/c1-13-14-9(15)8(12)5-2-3-6(10)7(11)4-5/h2-4,8,13H,12H2,1H3,(H,14,15). The number of hydrogen-bond acceptors (Lipinski definition) is 3. The lowest BCUT2D eigenvalue weighted by molar-refractivity contribution is -0.123. The van der Waals surface area contributed by atoms with E-state index in [2.05, 4.69) is 10.9 Å². The third kappa shape index (κ3) is 2.71. The molecule has 1 rings (SSSR count). The van der Waals surface area contributed by atoms with E-state index in [1.54, 1.807) is 0 Å². The maximum Gasteiger partial charge on any atom is 0.255 e. The summed E-state index contributed by atoms with van der Waals surface area (Å²) in [6.07, 6.45) is 0. The summed E-state index contributed by atoms with van der Waals surface area (Å²) in [6.45, 7) is 0. The van der Waals surface area contributed by atoms with Gasteiger partial charge in [-0.05, 0) is 17.7 Å². The number of nitrogens with one attached hydrogen (secondary N) is 2. The van der Waals surface area contributed by atoms with Crippen LogP contribution >= 0.6 is 0 Å². The number of nitrogens with two attached hydrogens (primary N) is 1. The normalized spacial score (nSPS) is 12.3. The monoisotopic (exact) mass is 215 g/mol. The van der Waals surface area contributed by atoms with Crippen molar-refractivity contribution < 1.29 is 13.6 Å². The Hall–Kier alpha value is -1.53. The van der Waals surface area contributed by atoms with E-state index < -0.39 is 23.6 Å².